The van der Waals surface area contributed by atoms with Gasteiger partial charge in [-0.15, -0.1) is 11.3 Å². The van der Waals surface area contributed by atoms with Crippen LogP contribution in [-0.4, -0.2) is 44.5 Å². The molecule has 1 N–H and O–H groups in total. The molecule has 7 heteroatoms. The number of nitrogens with one attached hydrogen (secondary N) is 1. The summed E-state index contributed by atoms with van der Waals surface area (Å²) in [7, 11) is 5.00. The fraction of sp³-hybridized carbons (Fsp3) is 0.280. The maximum absolute atomic E-state index is 13.5. The highest BCUT2D eigenvalue weighted by atomic mass is 32.1. The Hall–Kier alpha value is -3.32. The molecule has 166 valence electrons. The topological polar surface area (TPSA) is 67.9 Å². The van der Waals surface area contributed by atoms with Gasteiger partial charge in [-0.05, 0) is 41.1 Å². The molecule has 2 atom stereocenters. The lowest BCUT2D eigenvalue weighted by atomic mass is 9.81. The zero-order valence-corrected chi connectivity index (χ0v) is 19.1. The van der Waals surface area contributed by atoms with Crippen LogP contribution in [0.15, 0.2) is 60.0 Å². The fourth-order valence-electron chi connectivity index (χ4n) is 4.26. The van der Waals surface area contributed by atoms with Crippen LogP contribution in [0.2, 0.25) is 0 Å². The first-order valence-electron chi connectivity index (χ1n) is 10.4. The van der Waals surface area contributed by atoms with Gasteiger partial charge < -0.3 is 19.7 Å². The van der Waals surface area contributed by atoms with Gasteiger partial charge in [0.2, 0.25) is 5.91 Å². The lowest BCUT2D eigenvalue weighted by Gasteiger charge is -2.39. The summed E-state index contributed by atoms with van der Waals surface area (Å²) in [6, 6.07) is 16.6. The second-order valence-electron chi connectivity index (χ2n) is 7.66. The molecule has 4 rings (SSSR count). The fourth-order valence-corrected chi connectivity index (χ4v) is 5.17. The van der Waals surface area contributed by atoms with Gasteiger partial charge in [0, 0.05) is 30.1 Å². The largest absolute Gasteiger partial charge is 0.497 e. The molecule has 1 aliphatic heterocycles. The maximum Gasteiger partial charge on any atom is 0.254 e. The Morgan fingerprint density at radius 1 is 1.09 bits per heavy atom. The quantitative estimate of drug-likeness (QED) is 0.590. The molecule has 0 unspecified atom stereocenters. The monoisotopic (exact) mass is 450 g/mol. The SMILES string of the molecule is COc1ccc(CCNC(=O)[C@H]2c3ccccc3C(=O)N(C)[C@H]2c2cccs2)c(OC)c1. The van der Waals surface area contributed by atoms with Crippen LogP contribution in [0.25, 0.3) is 0 Å². The number of likely N-dealkylation sites (N-methyl/N-ethyl adjacent to an activating group) is 1. The highest BCUT2D eigenvalue weighted by Crippen LogP contribution is 2.43. The van der Waals surface area contributed by atoms with E-state index in [0.29, 0.717) is 18.5 Å². The molecule has 0 saturated carbocycles. The first-order chi connectivity index (χ1) is 15.5. The molecule has 2 aromatic carbocycles. The molecule has 0 saturated heterocycles. The maximum atomic E-state index is 13.5. The Balaban J connectivity index is 1.57. The van der Waals surface area contributed by atoms with Crippen LogP contribution in [-0.2, 0) is 11.2 Å². The Morgan fingerprint density at radius 3 is 2.62 bits per heavy atom. The van der Waals surface area contributed by atoms with Crippen LogP contribution < -0.4 is 14.8 Å². The summed E-state index contributed by atoms with van der Waals surface area (Å²) in [5.41, 5.74) is 2.34. The van der Waals surface area contributed by atoms with Gasteiger partial charge >= 0.3 is 0 Å². The normalized spacial score (nSPS) is 17.6. The molecule has 0 bridgehead atoms. The molecule has 0 spiro atoms. The van der Waals surface area contributed by atoms with Crippen molar-refractivity contribution in [1.82, 2.24) is 10.2 Å². The van der Waals surface area contributed by atoms with Crippen LogP contribution in [0.3, 0.4) is 0 Å². The number of amides is 2. The predicted octanol–water partition coefficient (Wildman–Crippen LogP) is 4.03. The van der Waals surface area contributed by atoms with Gasteiger partial charge in [0.25, 0.3) is 5.91 Å². The van der Waals surface area contributed by atoms with E-state index in [1.54, 1.807) is 43.6 Å². The molecule has 6 nitrogen and oxygen atoms in total. The van der Waals surface area contributed by atoms with Gasteiger partial charge in [0.05, 0.1) is 26.2 Å². The summed E-state index contributed by atoms with van der Waals surface area (Å²) in [6.07, 6.45) is 0.617. The number of ether oxygens (including phenoxy) is 2. The van der Waals surface area contributed by atoms with Crippen molar-refractivity contribution in [2.45, 2.75) is 18.4 Å². The van der Waals surface area contributed by atoms with Crippen molar-refractivity contribution in [1.29, 1.82) is 0 Å². The minimum Gasteiger partial charge on any atom is -0.497 e. The lowest BCUT2D eigenvalue weighted by molar-refractivity contribution is -0.124. The predicted molar refractivity (Wildman–Crippen MR) is 125 cm³/mol. The minimum absolute atomic E-state index is 0.0639. The summed E-state index contributed by atoms with van der Waals surface area (Å²) >= 11 is 1.56. The Morgan fingerprint density at radius 2 is 1.91 bits per heavy atom. The van der Waals surface area contributed by atoms with E-state index in [1.165, 1.54) is 0 Å². The molecule has 0 radical (unpaired) electrons. The van der Waals surface area contributed by atoms with Gasteiger partial charge in [0.1, 0.15) is 11.5 Å². The van der Waals surface area contributed by atoms with Crippen molar-refractivity contribution in [3.63, 3.8) is 0 Å². The number of methoxy groups -OCH3 is 2. The zero-order valence-electron chi connectivity index (χ0n) is 18.3. The third-order valence-electron chi connectivity index (χ3n) is 5.88. The number of fused-ring (bicyclic) bond motifs is 1. The van der Waals surface area contributed by atoms with Crippen molar-refractivity contribution in [2.24, 2.45) is 0 Å². The number of hydrogen-bond donors (Lipinski definition) is 1. The van der Waals surface area contributed by atoms with Crippen LogP contribution in [0, 0.1) is 0 Å². The number of benzene rings is 2. The number of carbonyl (C=O) groups is 2. The van der Waals surface area contributed by atoms with E-state index in [-0.39, 0.29) is 17.9 Å². The van der Waals surface area contributed by atoms with E-state index in [2.05, 4.69) is 5.32 Å². The van der Waals surface area contributed by atoms with Gasteiger partial charge in [-0.2, -0.15) is 0 Å². The summed E-state index contributed by atoms with van der Waals surface area (Å²) in [5.74, 6) is 0.808. The summed E-state index contributed by atoms with van der Waals surface area (Å²) in [5, 5.41) is 5.06. The van der Waals surface area contributed by atoms with E-state index >= 15 is 0 Å². The molecule has 2 amide bonds. The molecule has 3 aromatic rings. The van der Waals surface area contributed by atoms with E-state index < -0.39 is 5.92 Å². The summed E-state index contributed by atoms with van der Waals surface area (Å²) in [4.78, 5) is 29.1. The van der Waals surface area contributed by atoms with Crippen LogP contribution in [0.4, 0.5) is 0 Å². The number of nitrogens with zero attached hydrogens (tertiary/aromatic N) is 1. The lowest BCUT2D eigenvalue weighted by Crippen LogP contribution is -2.45. The standard InChI is InChI=1S/C25H26N2O4S/c1-27-23(21-9-6-14-32-21)22(18-7-4-5-8-19(18)25(27)29)24(28)26-13-12-16-10-11-17(30-2)15-20(16)31-3/h4-11,14-15,22-23H,12-13H2,1-3H3,(H,26,28)/t22-,23-/m0/s1. The second-order valence-corrected chi connectivity index (χ2v) is 8.64. The van der Waals surface area contributed by atoms with E-state index in [9.17, 15) is 9.59 Å². The van der Waals surface area contributed by atoms with Gasteiger partial charge in [-0.3, -0.25) is 9.59 Å². The van der Waals surface area contributed by atoms with Crippen molar-refractivity contribution >= 4 is 23.2 Å². The smallest absolute Gasteiger partial charge is 0.254 e. The second kappa shape index (κ2) is 9.44. The van der Waals surface area contributed by atoms with Crippen LogP contribution in [0.5, 0.6) is 11.5 Å². The Kier molecular flexibility index (Phi) is 6.46. The number of carbonyl (C=O) groups excluding carboxylic acids is 2. The number of rotatable bonds is 7. The Labute approximate surface area is 191 Å². The van der Waals surface area contributed by atoms with Gasteiger partial charge in [-0.1, -0.05) is 30.3 Å². The van der Waals surface area contributed by atoms with Gasteiger partial charge in [0.15, 0.2) is 0 Å². The molecule has 2 heterocycles. The number of hydrogen-bond acceptors (Lipinski definition) is 5. The highest BCUT2D eigenvalue weighted by molar-refractivity contribution is 7.10. The molecule has 32 heavy (non-hydrogen) atoms. The summed E-state index contributed by atoms with van der Waals surface area (Å²) < 4.78 is 10.7. The Bertz CT molecular complexity index is 1110. The van der Waals surface area contributed by atoms with Crippen molar-refractivity contribution < 1.29 is 19.1 Å². The number of thiophene rings is 1. The first-order valence-corrected chi connectivity index (χ1v) is 11.3. The van der Waals surface area contributed by atoms with E-state index in [0.717, 1.165) is 27.5 Å². The first kappa shape index (κ1) is 21.9. The van der Waals surface area contributed by atoms with Crippen LogP contribution >= 0.6 is 11.3 Å². The van der Waals surface area contributed by atoms with Crippen molar-refractivity contribution in [3.05, 3.63) is 81.5 Å². The molecule has 1 aromatic heterocycles. The van der Waals surface area contributed by atoms with Crippen molar-refractivity contribution in [3.8, 4) is 11.5 Å². The van der Waals surface area contributed by atoms with Crippen LogP contribution in [0.1, 0.15) is 38.3 Å². The molecule has 0 fully saturated rings. The van der Waals surface area contributed by atoms with E-state index in [1.807, 2.05) is 53.9 Å². The average Bonchev–Trinajstić information content (AvgIpc) is 3.35. The molecular formula is C25H26N2O4S. The average molecular weight is 451 g/mol. The van der Waals surface area contributed by atoms with Gasteiger partial charge in [-0.25, -0.2) is 0 Å². The molecule has 0 aliphatic carbocycles. The zero-order chi connectivity index (χ0) is 22.7. The highest BCUT2D eigenvalue weighted by Gasteiger charge is 2.42. The third-order valence-corrected chi connectivity index (χ3v) is 6.83. The molecule has 1 aliphatic rings. The molecular weight excluding hydrogens is 424 g/mol. The van der Waals surface area contributed by atoms with Crippen molar-refractivity contribution in [2.75, 3.05) is 27.8 Å². The summed E-state index contributed by atoms with van der Waals surface area (Å²) in [6.45, 7) is 0.453. The van der Waals surface area contributed by atoms with E-state index in [4.69, 9.17) is 9.47 Å². The third kappa shape index (κ3) is 4.08. The minimum atomic E-state index is -0.481.